The van der Waals surface area contributed by atoms with Crippen LogP contribution in [-0.4, -0.2) is 29.6 Å². The SMILES string of the molecule is CN(CCCCCC(=O)O)Cc1ccc(Cl)s1. The smallest absolute Gasteiger partial charge is 0.303 e. The molecule has 5 heteroatoms. The number of hydrogen-bond donors (Lipinski definition) is 1. The van der Waals surface area contributed by atoms with Gasteiger partial charge >= 0.3 is 5.97 Å². The zero-order chi connectivity index (χ0) is 12.7. The number of hydrogen-bond acceptors (Lipinski definition) is 3. The van der Waals surface area contributed by atoms with E-state index in [9.17, 15) is 4.79 Å². The Kier molecular flexibility index (Phi) is 6.55. The van der Waals surface area contributed by atoms with Crippen molar-refractivity contribution in [3.05, 3.63) is 21.3 Å². The highest BCUT2D eigenvalue weighted by atomic mass is 35.5. The van der Waals surface area contributed by atoms with E-state index in [0.29, 0.717) is 0 Å². The first-order valence-electron chi connectivity index (χ1n) is 5.72. The van der Waals surface area contributed by atoms with E-state index in [-0.39, 0.29) is 6.42 Å². The van der Waals surface area contributed by atoms with Gasteiger partial charge in [0.25, 0.3) is 0 Å². The molecule has 1 aromatic rings. The summed E-state index contributed by atoms with van der Waals surface area (Å²) in [5, 5.41) is 8.50. The summed E-state index contributed by atoms with van der Waals surface area (Å²) in [7, 11) is 2.07. The van der Waals surface area contributed by atoms with Crippen LogP contribution in [0.1, 0.15) is 30.6 Å². The van der Waals surface area contributed by atoms with Gasteiger partial charge in [-0.1, -0.05) is 18.0 Å². The molecule has 1 N–H and O–H groups in total. The second kappa shape index (κ2) is 7.69. The molecule has 0 atom stereocenters. The first-order valence-corrected chi connectivity index (χ1v) is 6.92. The van der Waals surface area contributed by atoms with Crippen molar-refractivity contribution in [2.24, 2.45) is 0 Å². The monoisotopic (exact) mass is 275 g/mol. The molecule has 1 aromatic heterocycles. The average molecular weight is 276 g/mol. The molecule has 0 aromatic carbocycles. The van der Waals surface area contributed by atoms with Crippen molar-refractivity contribution in [3.63, 3.8) is 0 Å². The zero-order valence-electron chi connectivity index (χ0n) is 9.99. The molecule has 3 nitrogen and oxygen atoms in total. The molecule has 0 spiro atoms. The zero-order valence-corrected chi connectivity index (χ0v) is 11.6. The van der Waals surface area contributed by atoms with Crippen molar-refractivity contribution in [2.75, 3.05) is 13.6 Å². The summed E-state index contributed by atoms with van der Waals surface area (Å²) in [6, 6.07) is 3.97. The highest BCUT2D eigenvalue weighted by molar-refractivity contribution is 7.16. The number of rotatable bonds is 8. The second-order valence-electron chi connectivity index (χ2n) is 4.15. The Labute approximate surface area is 111 Å². The van der Waals surface area contributed by atoms with Crippen LogP contribution in [0, 0.1) is 0 Å². The highest BCUT2D eigenvalue weighted by Crippen LogP contribution is 2.22. The highest BCUT2D eigenvalue weighted by Gasteiger charge is 2.03. The van der Waals surface area contributed by atoms with Crippen molar-refractivity contribution in [1.29, 1.82) is 0 Å². The lowest BCUT2D eigenvalue weighted by atomic mass is 10.2. The molecule has 17 heavy (non-hydrogen) atoms. The number of thiophene rings is 1. The molecule has 0 saturated carbocycles. The number of aliphatic carboxylic acids is 1. The van der Waals surface area contributed by atoms with E-state index in [1.807, 2.05) is 12.1 Å². The maximum Gasteiger partial charge on any atom is 0.303 e. The van der Waals surface area contributed by atoms with E-state index in [2.05, 4.69) is 11.9 Å². The molecule has 96 valence electrons. The summed E-state index contributed by atoms with van der Waals surface area (Å²) < 4.78 is 0.829. The summed E-state index contributed by atoms with van der Waals surface area (Å²) in [5.74, 6) is -0.702. The van der Waals surface area contributed by atoms with Gasteiger partial charge in [-0.3, -0.25) is 4.79 Å². The van der Waals surface area contributed by atoms with Crippen LogP contribution < -0.4 is 0 Å². The molecular weight excluding hydrogens is 258 g/mol. The van der Waals surface area contributed by atoms with Crippen LogP contribution in [0.25, 0.3) is 0 Å². The molecule has 0 bridgehead atoms. The lowest BCUT2D eigenvalue weighted by Crippen LogP contribution is -2.18. The number of nitrogens with zero attached hydrogens (tertiary/aromatic N) is 1. The Morgan fingerprint density at radius 2 is 2.18 bits per heavy atom. The van der Waals surface area contributed by atoms with Crippen molar-refractivity contribution < 1.29 is 9.90 Å². The lowest BCUT2D eigenvalue weighted by Gasteiger charge is -2.14. The van der Waals surface area contributed by atoms with Gasteiger partial charge in [-0.05, 0) is 38.6 Å². The molecule has 0 saturated heterocycles. The first kappa shape index (κ1) is 14.5. The van der Waals surface area contributed by atoms with E-state index >= 15 is 0 Å². The predicted octanol–water partition coefficient (Wildman–Crippen LogP) is 3.48. The third kappa shape index (κ3) is 6.66. The average Bonchev–Trinajstić information content (AvgIpc) is 2.63. The Morgan fingerprint density at radius 1 is 1.41 bits per heavy atom. The van der Waals surface area contributed by atoms with Gasteiger partial charge in [0.1, 0.15) is 0 Å². The fraction of sp³-hybridized carbons (Fsp3) is 0.583. The molecule has 1 heterocycles. The van der Waals surface area contributed by atoms with Gasteiger partial charge in [-0.2, -0.15) is 0 Å². The van der Waals surface area contributed by atoms with Crippen molar-refractivity contribution >= 4 is 28.9 Å². The van der Waals surface area contributed by atoms with Crippen LogP contribution in [0.4, 0.5) is 0 Å². The van der Waals surface area contributed by atoms with Crippen LogP contribution in [0.5, 0.6) is 0 Å². The van der Waals surface area contributed by atoms with E-state index in [1.54, 1.807) is 11.3 Å². The van der Waals surface area contributed by atoms with Gasteiger partial charge in [-0.25, -0.2) is 0 Å². The minimum atomic E-state index is -0.702. The predicted molar refractivity (Wildman–Crippen MR) is 71.8 cm³/mol. The topological polar surface area (TPSA) is 40.5 Å². The minimum absolute atomic E-state index is 0.282. The Morgan fingerprint density at radius 3 is 2.76 bits per heavy atom. The van der Waals surface area contributed by atoms with Gasteiger partial charge in [0.15, 0.2) is 0 Å². The van der Waals surface area contributed by atoms with Crippen molar-refractivity contribution in [3.8, 4) is 0 Å². The molecule has 0 radical (unpaired) electrons. The van der Waals surface area contributed by atoms with Crippen LogP contribution in [0.3, 0.4) is 0 Å². The largest absolute Gasteiger partial charge is 0.481 e. The van der Waals surface area contributed by atoms with E-state index in [1.165, 1.54) is 4.88 Å². The van der Waals surface area contributed by atoms with Crippen LogP contribution in [0.15, 0.2) is 12.1 Å². The van der Waals surface area contributed by atoms with Gasteiger partial charge in [0.2, 0.25) is 0 Å². The second-order valence-corrected chi connectivity index (χ2v) is 5.95. The van der Waals surface area contributed by atoms with Gasteiger partial charge in [0, 0.05) is 17.8 Å². The third-order valence-corrected chi connectivity index (χ3v) is 3.70. The molecule has 0 aliphatic heterocycles. The summed E-state index contributed by atoms with van der Waals surface area (Å²) >= 11 is 7.47. The summed E-state index contributed by atoms with van der Waals surface area (Å²) in [5.41, 5.74) is 0. The number of halogens is 1. The maximum atomic E-state index is 10.3. The normalized spacial score (nSPS) is 11.0. The third-order valence-electron chi connectivity index (χ3n) is 2.49. The summed E-state index contributed by atoms with van der Waals surface area (Å²) in [4.78, 5) is 13.8. The maximum absolute atomic E-state index is 10.3. The number of unbranched alkanes of at least 4 members (excludes halogenated alkanes) is 2. The van der Waals surface area contributed by atoms with E-state index in [0.717, 1.165) is 36.7 Å². The lowest BCUT2D eigenvalue weighted by molar-refractivity contribution is -0.137. The fourth-order valence-electron chi connectivity index (χ4n) is 1.62. The quantitative estimate of drug-likeness (QED) is 0.739. The molecule has 0 fully saturated rings. The minimum Gasteiger partial charge on any atom is -0.481 e. The summed E-state index contributed by atoms with van der Waals surface area (Å²) in [6.45, 7) is 1.91. The van der Waals surface area contributed by atoms with Crippen molar-refractivity contribution in [2.45, 2.75) is 32.2 Å². The standard InChI is InChI=1S/C12H18ClNO2S/c1-14(8-4-2-3-5-12(15)16)9-10-6-7-11(13)17-10/h6-7H,2-5,8-9H2,1H3,(H,15,16). The van der Waals surface area contributed by atoms with Crippen LogP contribution in [0.2, 0.25) is 4.34 Å². The van der Waals surface area contributed by atoms with Gasteiger partial charge < -0.3 is 10.0 Å². The first-order chi connectivity index (χ1) is 8.08. The molecule has 0 amide bonds. The number of carboxylic acids is 1. The van der Waals surface area contributed by atoms with Crippen molar-refractivity contribution in [1.82, 2.24) is 4.90 Å². The van der Waals surface area contributed by atoms with E-state index in [4.69, 9.17) is 16.7 Å². The molecule has 1 rings (SSSR count). The molecular formula is C12H18ClNO2S. The number of carbonyl (C=O) groups is 1. The summed E-state index contributed by atoms with van der Waals surface area (Å²) in [6.07, 6.45) is 3.07. The Bertz CT molecular complexity index is 354. The van der Waals surface area contributed by atoms with Gasteiger partial charge in [0.05, 0.1) is 4.34 Å². The molecule has 0 aliphatic carbocycles. The fourth-order valence-corrected chi connectivity index (χ4v) is 2.78. The Balaban J connectivity index is 2.09. The van der Waals surface area contributed by atoms with Gasteiger partial charge in [-0.15, -0.1) is 11.3 Å². The van der Waals surface area contributed by atoms with Crippen LogP contribution in [-0.2, 0) is 11.3 Å². The molecule has 0 aliphatic rings. The number of carboxylic acid groups (broad SMARTS) is 1. The molecule has 0 unspecified atom stereocenters. The van der Waals surface area contributed by atoms with Crippen LogP contribution >= 0.6 is 22.9 Å². The Hall–Kier alpha value is -0.580. The van der Waals surface area contributed by atoms with E-state index < -0.39 is 5.97 Å².